The number of nitrogens with zero attached hydrogens (tertiary/aromatic N) is 1. The number of hydrogen-bond acceptors (Lipinski definition) is 1. The fraction of sp³-hybridized carbons (Fsp3) is 0. The summed E-state index contributed by atoms with van der Waals surface area (Å²) in [6.45, 7) is 0. The predicted octanol–water partition coefficient (Wildman–Crippen LogP) is 15.8. The summed E-state index contributed by atoms with van der Waals surface area (Å²) in [6, 6.07) is 85.7. The lowest BCUT2D eigenvalue weighted by Crippen LogP contribution is -2.11. The molecule has 0 aliphatic carbocycles. The fourth-order valence-corrected chi connectivity index (χ4v) is 8.21. The van der Waals surface area contributed by atoms with E-state index in [9.17, 15) is 0 Å². The third-order valence-electron chi connectivity index (χ3n) is 11.1. The van der Waals surface area contributed by atoms with Crippen LogP contribution < -0.4 is 4.90 Å². The Hall–Kier alpha value is -7.48. The van der Waals surface area contributed by atoms with Gasteiger partial charge in [0.1, 0.15) is 0 Å². The van der Waals surface area contributed by atoms with Gasteiger partial charge in [0, 0.05) is 16.9 Å². The van der Waals surface area contributed by atoms with Gasteiger partial charge >= 0.3 is 0 Å². The minimum Gasteiger partial charge on any atom is -0.310 e. The van der Waals surface area contributed by atoms with E-state index in [1.54, 1.807) is 0 Å². The molecule has 0 atom stereocenters. The molecule has 0 aromatic heterocycles. The van der Waals surface area contributed by atoms with Crippen LogP contribution in [0, 0.1) is 0 Å². The maximum atomic E-state index is 2.42. The van der Waals surface area contributed by atoms with E-state index < -0.39 is 0 Å². The molecule has 0 unspecified atom stereocenters. The van der Waals surface area contributed by atoms with Crippen LogP contribution in [-0.2, 0) is 0 Å². The summed E-state index contributed by atoms with van der Waals surface area (Å²) < 4.78 is 0. The first-order valence-electron chi connectivity index (χ1n) is 19.6. The van der Waals surface area contributed by atoms with Gasteiger partial charge in [0.2, 0.25) is 0 Å². The van der Waals surface area contributed by atoms with Crippen LogP contribution in [0.1, 0.15) is 0 Å². The lowest BCUT2D eigenvalue weighted by Gasteiger charge is -2.29. The highest BCUT2D eigenvalue weighted by Gasteiger charge is 2.20. The second kappa shape index (κ2) is 15.0. The van der Waals surface area contributed by atoms with E-state index in [4.69, 9.17) is 0 Å². The minimum atomic E-state index is 1.09. The van der Waals surface area contributed by atoms with Crippen molar-refractivity contribution in [2.75, 3.05) is 4.90 Å². The second-order valence-corrected chi connectivity index (χ2v) is 14.5. The summed E-state index contributed by atoms with van der Waals surface area (Å²) in [5, 5.41) is 5.00. The Labute approximate surface area is 334 Å². The van der Waals surface area contributed by atoms with Crippen LogP contribution in [0.5, 0.6) is 0 Å². The maximum absolute atomic E-state index is 2.42. The first-order chi connectivity index (χ1) is 28.3. The van der Waals surface area contributed by atoms with Crippen LogP contribution in [0.4, 0.5) is 17.1 Å². The lowest BCUT2D eigenvalue weighted by molar-refractivity contribution is 1.28. The molecule has 0 saturated carbocycles. The van der Waals surface area contributed by atoms with Crippen molar-refractivity contribution in [1.29, 1.82) is 0 Å². The van der Waals surface area contributed by atoms with Gasteiger partial charge in [-0.15, -0.1) is 0 Å². The topological polar surface area (TPSA) is 3.24 Å². The number of hydrogen-bond donors (Lipinski definition) is 0. The average Bonchev–Trinajstić information content (AvgIpc) is 3.30. The van der Waals surface area contributed by atoms with Crippen LogP contribution >= 0.6 is 0 Å². The molecule has 0 bridgehead atoms. The Morgan fingerprint density at radius 2 is 0.596 bits per heavy atom. The van der Waals surface area contributed by atoms with Crippen LogP contribution in [0.2, 0.25) is 0 Å². The summed E-state index contributed by atoms with van der Waals surface area (Å²) in [4.78, 5) is 2.42. The highest BCUT2D eigenvalue weighted by atomic mass is 15.1. The highest BCUT2D eigenvalue weighted by molar-refractivity contribution is 5.99. The molecule has 0 heterocycles. The lowest BCUT2D eigenvalue weighted by atomic mass is 9.94. The normalized spacial score (nSPS) is 11.2. The molecule has 0 saturated heterocycles. The first kappa shape index (κ1) is 34.0. The first-order valence-corrected chi connectivity index (χ1v) is 19.6. The zero-order chi connectivity index (χ0) is 38.0. The quantitative estimate of drug-likeness (QED) is 0.151. The Kier molecular flexibility index (Phi) is 8.95. The summed E-state index contributed by atoms with van der Waals surface area (Å²) >= 11 is 0. The number of fused-ring (bicyclic) bond motifs is 2. The molecule has 1 nitrogen and oxygen atoms in total. The van der Waals surface area contributed by atoms with Crippen LogP contribution in [0.25, 0.3) is 77.2 Å². The monoisotopic (exact) mass is 725 g/mol. The molecule has 0 N–H and O–H groups in total. The van der Waals surface area contributed by atoms with Crippen LogP contribution in [-0.4, -0.2) is 0 Å². The van der Waals surface area contributed by atoms with Crippen molar-refractivity contribution in [2.45, 2.75) is 0 Å². The van der Waals surface area contributed by atoms with Crippen molar-refractivity contribution in [1.82, 2.24) is 0 Å². The fourth-order valence-electron chi connectivity index (χ4n) is 8.21. The van der Waals surface area contributed by atoms with Gasteiger partial charge in [-0.05, 0) is 102 Å². The summed E-state index contributed by atoms with van der Waals surface area (Å²) in [7, 11) is 0. The van der Waals surface area contributed by atoms with Gasteiger partial charge in [-0.25, -0.2) is 0 Å². The van der Waals surface area contributed by atoms with Crippen molar-refractivity contribution in [3.05, 3.63) is 237 Å². The molecule has 0 radical (unpaired) electrons. The molecule has 10 rings (SSSR count). The van der Waals surface area contributed by atoms with E-state index in [-0.39, 0.29) is 0 Å². The maximum Gasteiger partial charge on any atom is 0.0546 e. The molecule has 0 amide bonds. The summed E-state index contributed by atoms with van der Waals surface area (Å²) in [5.41, 5.74) is 15.2. The van der Waals surface area contributed by atoms with E-state index in [0.717, 1.165) is 28.2 Å². The molecule has 0 spiro atoms. The second-order valence-electron chi connectivity index (χ2n) is 14.5. The van der Waals surface area contributed by atoms with Crippen molar-refractivity contribution >= 4 is 38.6 Å². The Bertz CT molecular complexity index is 2830. The SMILES string of the molecule is c1ccc(-c2ccc(-c3ccc(-c4ccccc4)cc3N(c3ccc(-c4cccc5ccccc45)cc3)c3ccc(-c4cccc5ccccc45)cc3)cc2)cc1. The Morgan fingerprint density at radius 3 is 1.12 bits per heavy atom. The zero-order valence-corrected chi connectivity index (χ0v) is 31.5. The van der Waals surface area contributed by atoms with Gasteiger partial charge < -0.3 is 4.90 Å². The van der Waals surface area contributed by atoms with Crippen molar-refractivity contribution in [3.63, 3.8) is 0 Å². The summed E-state index contributed by atoms with van der Waals surface area (Å²) in [6.07, 6.45) is 0. The van der Waals surface area contributed by atoms with E-state index in [1.807, 2.05) is 0 Å². The van der Waals surface area contributed by atoms with Crippen molar-refractivity contribution in [2.24, 2.45) is 0 Å². The molecular weight excluding hydrogens is 687 g/mol. The van der Waals surface area contributed by atoms with Gasteiger partial charge in [-0.1, -0.05) is 206 Å². The number of benzene rings is 10. The van der Waals surface area contributed by atoms with Gasteiger partial charge in [0.15, 0.2) is 0 Å². The zero-order valence-electron chi connectivity index (χ0n) is 31.5. The molecule has 0 fully saturated rings. The molecule has 10 aromatic carbocycles. The molecule has 0 aliphatic rings. The van der Waals surface area contributed by atoms with Crippen LogP contribution in [0.15, 0.2) is 237 Å². The Balaban J connectivity index is 1.14. The molecular formula is C56H39N. The third-order valence-corrected chi connectivity index (χ3v) is 11.1. The van der Waals surface area contributed by atoms with E-state index >= 15 is 0 Å². The van der Waals surface area contributed by atoms with Gasteiger partial charge in [0.25, 0.3) is 0 Å². The largest absolute Gasteiger partial charge is 0.310 e. The molecule has 1 heteroatoms. The highest BCUT2D eigenvalue weighted by Crippen LogP contribution is 2.44. The average molecular weight is 726 g/mol. The van der Waals surface area contributed by atoms with E-state index in [1.165, 1.54) is 66.1 Å². The van der Waals surface area contributed by atoms with Gasteiger partial charge in [-0.3, -0.25) is 0 Å². The molecule has 0 aliphatic heterocycles. The minimum absolute atomic E-state index is 1.09. The van der Waals surface area contributed by atoms with Crippen molar-refractivity contribution in [3.8, 4) is 55.6 Å². The van der Waals surface area contributed by atoms with Gasteiger partial charge in [-0.2, -0.15) is 0 Å². The third kappa shape index (κ3) is 6.66. The molecule has 10 aromatic rings. The number of anilines is 3. The predicted molar refractivity (Wildman–Crippen MR) is 243 cm³/mol. The molecule has 57 heavy (non-hydrogen) atoms. The Morgan fingerprint density at radius 1 is 0.228 bits per heavy atom. The smallest absolute Gasteiger partial charge is 0.0546 e. The van der Waals surface area contributed by atoms with E-state index in [2.05, 4.69) is 241 Å². The standard InChI is InChI=1S/C56H39N/c1-3-13-40(14-4-1)42-25-27-47(28-26-42)55-38-33-48(41-15-5-2-6-16-41)39-56(55)57(49-34-29-45(30-35-49)53-23-11-19-43-17-7-9-21-51(43)53)50-36-31-46(32-37-50)54-24-12-20-44-18-8-10-22-52(44)54/h1-39H. The number of rotatable bonds is 8. The van der Waals surface area contributed by atoms with Crippen molar-refractivity contribution < 1.29 is 0 Å². The summed E-state index contributed by atoms with van der Waals surface area (Å²) in [5.74, 6) is 0. The van der Waals surface area contributed by atoms with Crippen LogP contribution in [0.3, 0.4) is 0 Å². The van der Waals surface area contributed by atoms with Gasteiger partial charge in [0.05, 0.1) is 5.69 Å². The van der Waals surface area contributed by atoms with E-state index in [0.29, 0.717) is 0 Å². The molecule has 268 valence electrons.